The van der Waals surface area contributed by atoms with Crippen LogP contribution >= 0.6 is 23.4 Å². The van der Waals surface area contributed by atoms with E-state index in [1.807, 2.05) is 24.3 Å². The summed E-state index contributed by atoms with van der Waals surface area (Å²) in [7, 11) is 0. The molecular weight excluding hydrogens is 435 g/mol. The molecular formula is C24H28ClFN2O2S. The summed E-state index contributed by atoms with van der Waals surface area (Å²) in [6.07, 6.45) is 4.16. The van der Waals surface area contributed by atoms with Crippen LogP contribution in [0.15, 0.2) is 48.5 Å². The van der Waals surface area contributed by atoms with E-state index < -0.39 is 6.04 Å². The maximum atomic E-state index is 14.3. The number of nitrogens with zero attached hydrogens (tertiary/aromatic N) is 1. The number of carbonyl (C=O) groups is 2. The predicted molar refractivity (Wildman–Crippen MR) is 124 cm³/mol. The van der Waals surface area contributed by atoms with Gasteiger partial charge in [0.2, 0.25) is 11.8 Å². The molecule has 1 atom stereocenters. The van der Waals surface area contributed by atoms with Gasteiger partial charge in [0, 0.05) is 28.9 Å². The molecule has 1 aliphatic rings. The van der Waals surface area contributed by atoms with Gasteiger partial charge in [-0.1, -0.05) is 54.8 Å². The van der Waals surface area contributed by atoms with E-state index in [0.717, 1.165) is 31.2 Å². The summed E-state index contributed by atoms with van der Waals surface area (Å²) < 4.78 is 14.3. The number of hydrogen-bond acceptors (Lipinski definition) is 3. The molecule has 31 heavy (non-hydrogen) atoms. The lowest BCUT2D eigenvalue weighted by Gasteiger charge is -2.29. The molecule has 7 heteroatoms. The molecule has 166 valence electrons. The van der Waals surface area contributed by atoms with Gasteiger partial charge < -0.3 is 10.2 Å². The van der Waals surface area contributed by atoms with Gasteiger partial charge in [-0.3, -0.25) is 9.59 Å². The summed E-state index contributed by atoms with van der Waals surface area (Å²) in [6, 6.07) is 13.3. The molecule has 4 nitrogen and oxygen atoms in total. The van der Waals surface area contributed by atoms with E-state index in [1.165, 1.54) is 22.7 Å². The molecule has 0 aromatic heterocycles. The number of nitrogens with one attached hydrogen (secondary N) is 1. The molecule has 1 saturated carbocycles. The third-order valence-corrected chi connectivity index (χ3v) is 6.82. The Labute approximate surface area is 192 Å². The smallest absolute Gasteiger partial charge is 0.242 e. The van der Waals surface area contributed by atoms with Crippen molar-refractivity contribution in [1.82, 2.24) is 10.2 Å². The van der Waals surface area contributed by atoms with Crippen LogP contribution in [0.3, 0.4) is 0 Å². The zero-order valence-corrected chi connectivity index (χ0v) is 19.2. The van der Waals surface area contributed by atoms with Gasteiger partial charge in [-0.15, -0.1) is 11.8 Å². The van der Waals surface area contributed by atoms with Crippen LogP contribution in [0, 0.1) is 5.82 Å². The summed E-state index contributed by atoms with van der Waals surface area (Å²) in [5, 5.41) is 3.73. The Bertz CT molecular complexity index is 887. The van der Waals surface area contributed by atoms with Crippen molar-refractivity contribution < 1.29 is 14.0 Å². The SMILES string of the molecule is C[C@@H](C(=O)NC1CCCC1)N(Cc1ccccc1F)C(=O)CSCc1ccc(Cl)cc1. The van der Waals surface area contributed by atoms with Gasteiger partial charge in [-0.2, -0.15) is 0 Å². The van der Waals surface area contributed by atoms with Crippen molar-refractivity contribution in [1.29, 1.82) is 0 Å². The molecule has 3 rings (SSSR count). The maximum absolute atomic E-state index is 14.3. The van der Waals surface area contributed by atoms with Gasteiger partial charge in [0.25, 0.3) is 0 Å². The second kappa shape index (κ2) is 11.5. The van der Waals surface area contributed by atoms with Gasteiger partial charge in [-0.25, -0.2) is 4.39 Å². The van der Waals surface area contributed by atoms with Crippen LogP contribution in [0.25, 0.3) is 0 Å². The number of thioether (sulfide) groups is 1. The molecule has 0 bridgehead atoms. The summed E-state index contributed by atoms with van der Waals surface area (Å²) in [4.78, 5) is 27.4. The summed E-state index contributed by atoms with van der Waals surface area (Å²) in [6.45, 7) is 1.78. The molecule has 0 heterocycles. The molecule has 0 saturated heterocycles. The summed E-state index contributed by atoms with van der Waals surface area (Å²) in [5.41, 5.74) is 1.47. The van der Waals surface area contributed by atoms with E-state index in [1.54, 1.807) is 25.1 Å². The van der Waals surface area contributed by atoms with E-state index in [-0.39, 0.29) is 36.0 Å². The fraction of sp³-hybridized carbons (Fsp3) is 0.417. The number of halogens is 2. The number of benzene rings is 2. The van der Waals surface area contributed by atoms with Crippen LogP contribution in [-0.4, -0.2) is 34.6 Å². The molecule has 0 aliphatic heterocycles. The van der Waals surface area contributed by atoms with Crippen molar-refractivity contribution in [2.75, 3.05) is 5.75 Å². The Morgan fingerprint density at radius 2 is 1.84 bits per heavy atom. The van der Waals surface area contributed by atoms with Crippen LogP contribution in [0.1, 0.15) is 43.7 Å². The minimum atomic E-state index is -0.677. The Hall–Kier alpha value is -2.05. The van der Waals surface area contributed by atoms with Gasteiger partial charge in [-0.05, 0) is 43.5 Å². The molecule has 0 spiro atoms. The first-order valence-electron chi connectivity index (χ1n) is 10.6. The van der Waals surface area contributed by atoms with Crippen molar-refractivity contribution in [3.8, 4) is 0 Å². The fourth-order valence-corrected chi connectivity index (χ4v) is 4.70. The molecule has 2 aromatic carbocycles. The highest BCUT2D eigenvalue weighted by molar-refractivity contribution is 7.99. The third-order valence-electron chi connectivity index (χ3n) is 5.57. The van der Waals surface area contributed by atoms with Crippen molar-refractivity contribution in [3.63, 3.8) is 0 Å². The van der Waals surface area contributed by atoms with Crippen LogP contribution < -0.4 is 5.32 Å². The lowest BCUT2D eigenvalue weighted by atomic mass is 10.1. The van der Waals surface area contributed by atoms with E-state index in [4.69, 9.17) is 11.6 Å². The Morgan fingerprint density at radius 1 is 1.16 bits per heavy atom. The molecule has 0 radical (unpaired) electrons. The lowest BCUT2D eigenvalue weighted by Crippen LogP contribution is -2.50. The highest BCUT2D eigenvalue weighted by Crippen LogP contribution is 2.20. The Morgan fingerprint density at radius 3 is 2.52 bits per heavy atom. The van der Waals surface area contributed by atoms with E-state index in [0.29, 0.717) is 16.3 Å². The summed E-state index contributed by atoms with van der Waals surface area (Å²) >= 11 is 7.38. The highest BCUT2D eigenvalue weighted by atomic mass is 35.5. The number of carbonyl (C=O) groups excluding carboxylic acids is 2. The molecule has 1 fully saturated rings. The van der Waals surface area contributed by atoms with Crippen LogP contribution in [0.5, 0.6) is 0 Å². The van der Waals surface area contributed by atoms with Crippen molar-refractivity contribution in [2.24, 2.45) is 0 Å². The zero-order valence-electron chi connectivity index (χ0n) is 17.7. The van der Waals surface area contributed by atoms with Crippen LogP contribution in [0.4, 0.5) is 4.39 Å². The first-order chi connectivity index (χ1) is 14.9. The fourth-order valence-electron chi connectivity index (χ4n) is 3.70. The highest BCUT2D eigenvalue weighted by Gasteiger charge is 2.28. The summed E-state index contributed by atoms with van der Waals surface area (Å²) in [5.74, 6) is 0.116. The molecule has 2 aromatic rings. The average molecular weight is 463 g/mol. The van der Waals surface area contributed by atoms with Crippen molar-refractivity contribution in [2.45, 2.75) is 57.0 Å². The minimum absolute atomic E-state index is 0.0618. The maximum Gasteiger partial charge on any atom is 0.242 e. The van der Waals surface area contributed by atoms with Crippen molar-refractivity contribution >= 4 is 35.2 Å². The monoisotopic (exact) mass is 462 g/mol. The second-order valence-corrected chi connectivity index (χ2v) is 9.32. The molecule has 1 N–H and O–H groups in total. The normalized spacial score (nSPS) is 14.9. The number of amides is 2. The van der Waals surface area contributed by atoms with Gasteiger partial charge in [0.1, 0.15) is 11.9 Å². The van der Waals surface area contributed by atoms with E-state index in [9.17, 15) is 14.0 Å². The van der Waals surface area contributed by atoms with Crippen LogP contribution in [0.2, 0.25) is 5.02 Å². The molecule has 0 unspecified atom stereocenters. The van der Waals surface area contributed by atoms with E-state index >= 15 is 0 Å². The first-order valence-corrected chi connectivity index (χ1v) is 12.1. The topological polar surface area (TPSA) is 49.4 Å². The predicted octanol–water partition coefficient (Wildman–Crippen LogP) is 5.19. The van der Waals surface area contributed by atoms with E-state index in [2.05, 4.69) is 5.32 Å². The largest absolute Gasteiger partial charge is 0.352 e. The number of hydrogen-bond donors (Lipinski definition) is 1. The third kappa shape index (κ3) is 6.97. The molecule has 1 aliphatic carbocycles. The second-order valence-electron chi connectivity index (χ2n) is 7.90. The first kappa shape index (κ1) is 23.6. The van der Waals surface area contributed by atoms with Gasteiger partial charge >= 0.3 is 0 Å². The average Bonchev–Trinajstić information content (AvgIpc) is 3.27. The van der Waals surface area contributed by atoms with Crippen LogP contribution in [-0.2, 0) is 21.9 Å². The van der Waals surface area contributed by atoms with Gasteiger partial charge in [0.15, 0.2) is 0 Å². The Balaban J connectivity index is 1.66. The quantitative estimate of drug-likeness (QED) is 0.558. The Kier molecular flexibility index (Phi) is 8.79. The lowest BCUT2D eigenvalue weighted by molar-refractivity contribution is -0.139. The number of rotatable bonds is 9. The minimum Gasteiger partial charge on any atom is -0.352 e. The standard InChI is InChI=1S/C24H28ClFN2O2S/c1-17(24(30)27-21-7-3-4-8-21)28(14-19-6-2-5-9-22(19)26)23(29)16-31-15-18-10-12-20(25)13-11-18/h2,5-6,9-13,17,21H,3-4,7-8,14-16H2,1H3,(H,27,30)/t17-/m0/s1. The zero-order chi connectivity index (χ0) is 22.2. The molecule has 2 amide bonds. The van der Waals surface area contributed by atoms with Gasteiger partial charge in [0.05, 0.1) is 5.75 Å². The van der Waals surface area contributed by atoms with Crippen molar-refractivity contribution in [3.05, 3.63) is 70.5 Å².